The van der Waals surface area contributed by atoms with Gasteiger partial charge < -0.3 is 14.8 Å². The van der Waals surface area contributed by atoms with Crippen molar-refractivity contribution in [2.45, 2.75) is 64.8 Å². The van der Waals surface area contributed by atoms with Crippen LogP contribution in [0.1, 0.15) is 43.2 Å². The molecule has 3 heterocycles. The van der Waals surface area contributed by atoms with Crippen LogP contribution in [0.5, 0.6) is 0 Å². The van der Waals surface area contributed by atoms with Crippen LogP contribution in [0.2, 0.25) is 0 Å². The number of carbonyl (C=O) groups is 2. The van der Waals surface area contributed by atoms with Crippen molar-refractivity contribution in [2.75, 3.05) is 13.6 Å². The lowest BCUT2D eigenvalue weighted by Crippen LogP contribution is -2.37. The van der Waals surface area contributed by atoms with Crippen LogP contribution >= 0.6 is 11.3 Å². The zero-order valence-electron chi connectivity index (χ0n) is 20.0. The third kappa shape index (κ3) is 9.78. The third-order valence-electron chi connectivity index (χ3n) is 5.22. The van der Waals surface area contributed by atoms with Gasteiger partial charge in [0.15, 0.2) is 0 Å². The minimum Gasteiger partial charge on any atom is -0.475 e. The summed E-state index contributed by atoms with van der Waals surface area (Å²) in [6.45, 7) is 10.9. The Morgan fingerprint density at radius 3 is 2.08 bits per heavy atom. The molecular formula is C21H28F6N4O4S. The van der Waals surface area contributed by atoms with E-state index in [2.05, 4.69) is 65.9 Å². The van der Waals surface area contributed by atoms with Crippen LogP contribution in [-0.4, -0.2) is 73.5 Å². The van der Waals surface area contributed by atoms with Crippen LogP contribution in [-0.2, 0) is 29.2 Å². The number of rotatable bonds is 5. The first-order valence-electron chi connectivity index (χ1n) is 10.6. The molecule has 0 radical (unpaired) electrons. The fourth-order valence-corrected chi connectivity index (χ4v) is 3.72. The molecule has 0 aliphatic carbocycles. The Kier molecular flexibility index (Phi) is 11.4. The van der Waals surface area contributed by atoms with Crippen molar-refractivity contribution in [2.24, 2.45) is 0 Å². The zero-order valence-corrected chi connectivity index (χ0v) is 20.8. The molecule has 1 atom stereocenters. The van der Waals surface area contributed by atoms with Crippen LogP contribution in [0.25, 0.3) is 0 Å². The van der Waals surface area contributed by atoms with E-state index in [-0.39, 0.29) is 0 Å². The lowest BCUT2D eigenvalue weighted by Gasteiger charge is -2.34. The highest BCUT2D eigenvalue weighted by molar-refractivity contribution is 7.09. The average molecular weight is 547 g/mol. The van der Waals surface area contributed by atoms with E-state index in [4.69, 9.17) is 24.8 Å². The Morgan fingerprint density at radius 2 is 1.67 bits per heavy atom. The van der Waals surface area contributed by atoms with Gasteiger partial charge in [-0.25, -0.2) is 14.6 Å². The van der Waals surface area contributed by atoms with E-state index in [0.717, 1.165) is 26.2 Å². The number of aliphatic carboxylic acids is 2. The summed E-state index contributed by atoms with van der Waals surface area (Å²) in [5.74, 6) is -4.30. The molecule has 0 amide bonds. The molecule has 0 aromatic carbocycles. The van der Waals surface area contributed by atoms with Crippen molar-refractivity contribution < 1.29 is 46.1 Å². The van der Waals surface area contributed by atoms with Gasteiger partial charge in [-0.2, -0.15) is 26.3 Å². The van der Waals surface area contributed by atoms with E-state index >= 15 is 0 Å². The number of halogens is 6. The molecule has 2 aromatic heterocycles. The van der Waals surface area contributed by atoms with E-state index in [1.807, 2.05) is 11.3 Å². The Bertz CT molecular complexity index is 952. The molecule has 0 saturated heterocycles. The molecule has 2 aromatic rings. The quantitative estimate of drug-likeness (QED) is 0.528. The number of alkyl halides is 6. The molecule has 0 saturated carbocycles. The molecule has 1 aliphatic rings. The van der Waals surface area contributed by atoms with Gasteiger partial charge in [0, 0.05) is 43.3 Å². The Morgan fingerprint density at radius 1 is 1.14 bits per heavy atom. The second-order valence-corrected chi connectivity index (χ2v) is 9.13. The van der Waals surface area contributed by atoms with E-state index in [1.165, 1.54) is 16.4 Å². The third-order valence-corrected chi connectivity index (χ3v) is 6.08. The fraction of sp³-hybridized carbons (Fsp3) is 0.571. The first kappa shape index (κ1) is 31.4. The smallest absolute Gasteiger partial charge is 0.475 e. The molecule has 36 heavy (non-hydrogen) atoms. The molecule has 1 unspecified atom stereocenters. The highest BCUT2D eigenvalue weighted by Gasteiger charge is 2.38. The SMILES string of the molecule is CC(C)N(C)Cc1cnc2n1CCN(Cc1cccs1)C2C.O=C(O)C(F)(F)F.O=C(O)C(F)(F)F. The maximum absolute atomic E-state index is 10.6. The number of aromatic nitrogens is 2. The summed E-state index contributed by atoms with van der Waals surface area (Å²) >= 11 is 1.84. The van der Waals surface area contributed by atoms with Crippen molar-refractivity contribution in [1.29, 1.82) is 0 Å². The second kappa shape index (κ2) is 13.1. The lowest BCUT2D eigenvalue weighted by molar-refractivity contribution is -0.193. The minimum atomic E-state index is -5.08. The summed E-state index contributed by atoms with van der Waals surface area (Å²) < 4.78 is 65.9. The maximum Gasteiger partial charge on any atom is 0.490 e. The summed E-state index contributed by atoms with van der Waals surface area (Å²) in [5, 5.41) is 16.4. The summed E-state index contributed by atoms with van der Waals surface area (Å²) in [5.41, 5.74) is 1.34. The predicted octanol–water partition coefficient (Wildman–Crippen LogP) is 4.63. The molecular weight excluding hydrogens is 518 g/mol. The lowest BCUT2D eigenvalue weighted by atomic mass is 10.2. The van der Waals surface area contributed by atoms with E-state index in [9.17, 15) is 26.3 Å². The number of hydrogen-bond donors (Lipinski definition) is 2. The van der Waals surface area contributed by atoms with E-state index < -0.39 is 24.3 Å². The number of carboxylic acids is 2. The standard InChI is InChI=1S/C17H26N4S.2C2HF3O2/c1-13(2)19(4)11-15-10-18-17-14(3)20(7-8-21(15)17)12-16-6-5-9-22-16;2*3-2(4,5)1(6)7/h5-6,9-10,13-14H,7-8,11-12H2,1-4H3;2*(H,6,7). The Balaban J connectivity index is 0.000000383. The monoisotopic (exact) mass is 546 g/mol. The van der Waals surface area contributed by atoms with Crippen molar-refractivity contribution in [3.63, 3.8) is 0 Å². The molecule has 15 heteroatoms. The summed E-state index contributed by atoms with van der Waals surface area (Å²) in [6, 6.07) is 5.30. The van der Waals surface area contributed by atoms with Gasteiger partial charge in [-0.1, -0.05) is 6.07 Å². The first-order chi connectivity index (χ1) is 16.4. The van der Waals surface area contributed by atoms with Crippen LogP contribution < -0.4 is 0 Å². The number of thiophene rings is 1. The number of imidazole rings is 1. The van der Waals surface area contributed by atoms with Gasteiger partial charge in [-0.05, 0) is 39.3 Å². The van der Waals surface area contributed by atoms with Gasteiger partial charge in [0.05, 0.1) is 11.7 Å². The van der Waals surface area contributed by atoms with E-state index in [1.54, 1.807) is 0 Å². The van der Waals surface area contributed by atoms with Crippen molar-refractivity contribution in [1.82, 2.24) is 19.4 Å². The summed E-state index contributed by atoms with van der Waals surface area (Å²) in [4.78, 5) is 28.9. The average Bonchev–Trinajstić information content (AvgIpc) is 3.40. The molecule has 0 fully saturated rings. The Labute approximate surface area is 207 Å². The molecule has 204 valence electrons. The van der Waals surface area contributed by atoms with Gasteiger partial charge in [0.25, 0.3) is 0 Å². The number of nitrogens with zero attached hydrogens (tertiary/aromatic N) is 4. The molecule has 2 N–H and O–H groups in total. The van der Waals surface area contributed by atoms with Gasteiger partial charge in [-0.3, -0.25) is 9.80 Å². The summed E-state index contributed by atoms with van der Waals surface area (Å²) in [7, 11) is 2.18. The Hall–Kier alpha value is -2.65. The topological polar surface area (TPSA) is 98.9 Å². The van der Waals surface area contributed by atoms with Crippen LogP contribution in [0, 0.1) is 0 Å². The van der Waals surface area contributed by atoms with E-state index in [0.29, 0.717) is 12.1 Å². The van der Waals surface area contributed by atoms with Gasteiger partial charge in [0.2, 0.25) is 0 Å². The van der Waals surface area contributed by atoms with Crippen LogP contribution in [0.15, 0.2) is 23.7 Å². The van der Waals surface area contributed by atoms with Gasteiger partial charge in [-0.15, -0.1) is 11.3 Å². The highest BCUT2D eigenvalue weighted by atomic mass is 32.1. The molecule has 8 nitrogen and oxygen atoms in total. The molecule has 3 rings (SSSR count). The maximum atomic E-state index is 10.6. The number of hydrogen-bond acceptors (Lipinski definition) is 6. The predicted molar refractivity (Wildman–Crippen MR) is 119 cm³/mol. The number of fused-ring (bicyclic) bond motifs is 1. The minimum absolute atomic E-state index is 0.383. The van der Waals surface area contributed by atoms with Crippen molar-refractivity contribution in [3.05, 3.63) is 40.1 Å². The molecule has 0 bridgehead atoms. The first-order valence-corrected chi connectivity index (χ1v) is 11.4. The second-order valence-electron chi connectivity index (χ2n) is 8.10. The van der Waals surface area contributed by atoms with Crippen molar-refractivity contribution >= 4 is 23.3 Å². The van der Waals surface area contributed by atoms with Gasteiger partial charge in [0.1, 0.15) is 5.82 Å². The largest absolute Gasteiger partial charge is 0.490 e. The van der Waals surface area contributed by atoms with Crippen LogP contribution in [0.4, 0.5) is 26.3 Å². The normalized spacial score (nSPS) is 16.1. The van der Waals surface area contributed by atoms with Crippen molar-refractivity contribution in [3.8, 4) is 0 Å². The van der Waals surface area contributed by atoms with Gasteiger partial charge >= 0.3 is 24.3 Å². The zero-order chi connectivity index (χ0) is 27.8. The molecule has 1 aliphatic heterocycles. The molecule has 0 spiro atoms. The van der Waals surface area contributed by atoms with Crippen LogP contribution in [0.3, 0.4) is 0 Å². The fourth-order valence-electron chi connectivity index (χ4n) is 2.99. The summed E-state index contributed by atoms with van der Waals surface area (Å²) in [6.07, 6.45) is -8.10. The number of carboxylic acid groups (broad SMARTS) is 2. The highest BCUT2D eigenvalue weighted by Crippen LogP contribution is 2.28.